The van der Waals surface area contributed by atoms with E-state index in [1.807, 2.05) is 13.8 Å². The van der Waals surface area contributed by atoms with Crippen LogP contribution in [0.1, 0.15) is 31.1 Å². The topological polar surface area (TPSA) is 64.8 Å². The zero-order chi connectivity index (χ0) is 14.8. The van der Waals surface area contributed by atoms with Gasteiger partial charge in [-0.25, -0.2) is 4.79 Å². The first-order valence-electron chi connectivity index (χ1n) is 6.88. The number of benzene rings is 1. The fourth-order valence-electron chi connectivity index (χ4n) is 2.38. The molecule has 0 spiro atoms. The molecule has 1 fully saturated rings. The zero-order valence-electron chi connectivity index (χ0n) is 12.3. The number of anilines is 2. The minimum absolute atomic E-state index is 0.218. The summed E-state index contributed by atoms with van der Waals surface area (Å²) in [6.07, 6.45) is 0. The first-order valence-corrected chi connectivity index (χ1v) is 6.88. The van der Waals surface area contributed by atoms with Gasteiger partial charge in [-0.3, -0.25) is 0 Å². The van der Waals surface area contributed by atoms with Crippen LogP contribution in [-0.4, -0.2) is 37.9 Å². The maximum atomic E-state index is 11.8. The number of hydrogen-bond acceptors (Lipinski definition) is 5. The zero-order valence-corrected chi connectivity index (χ0v) is 12.3. The average Bonchev–Trinajstić information content (AvgIpc) is 2.38. The van der Waals surface area contributed by atoms with Crippen LogP contribution in [0.3, 0.4) is 0 Å². The van der Waals surface area contributed by atoms with Crippen LogP contribution < -0.4 is 10.6 Å². The molecule has 2 rings (SSSR count). The molecule has 1 aromatic rings. The maximum Gasteiger partial charge on any atom is 0.338 e. The van der Waals surface area contributed by atoms with Crippen LogP contribution in [0.5, 0.6) is 0 Å². The van der Waals surface area contributed by atoms with Crippen molar-refractivity contribution in [3.05, 3.63) is 23.8 Å². The molecule has 2 N–H and O–H groups in total. The lowest BCUT2D eigenvalue weighted by Crippen LogP contribution is -2.48. The minimum atomic E-state index is -0.318. The number of carbonyl (C=O) groups is 1. The summed E-state index contributed by atoms with van der Waals surface area (Å²) in [5.74, 6) is -0.318. The molecule has 0 aliphatic carbocycles. The highest BCUT2D eigenvalue weighted by Gasteiger charge is 2.28. The highest BCUT2D eigenvalue weighted by Crippen LogP contribution is 2.29. The van der Waals surface area contributed by atoms with Crippen molar-refractivity contribution >= 4 is 17.3 Å². The van der Waals surface area contributed by atoms with Gasteiger partial charge in [0.2, 0.25) is 0 Å². The average molecular weight is 278 g/mol. The lowest BCUT2D eigenvalue weighted by molar-refractivity contribution is -0.0276. The summed E-state index contributed by atoms with van der Waals surface area (Å²) in [5, 5.41) is 0. The van der Waals surface area contributed by atoms with E-state index >= 15 is 0 Å². The van der Waals surface area contributed by atoms with Gasteiger partial charge in [0.25, 0.3) is 0 Å². The third kappa shape index (κ3) is 3.22. The normalized spacial score (nSPS) is 17.9. The van der Waals surface area contributed by atoms with Crippen LogP contribution >= 0.6 is 0 Å². The number of rotatable bonds is 3. The van der Waals surface area contributed by atoms with E-state index in [9.17, 15) is 4.79 Å². The van der Waals surface area contributed by atoms with Gasteiger partial charge >= 0.3 is 5.97 Å². The van der Waals surface area contributed by atoms with E-state index in [-0.39, 0.29) is 11.6 Å². The Hall–Kier alpha value is -1.75. The molecule has 1 aromatic carbocycles. The molecule has 1 aliphatic rings. The molecule has 5 heteroatoms. The maximum absolute atomic E-state index is 11.8. The van der Waals surface area contributed by atoms with E-state index in [0.717, 1.165) is 18.8 Å². The van der Waals surface area contributed by atoms with Crippen molar-refractivity contribution in [2.24, 2.45) is 0 Å². The van der Waals surface area contributed by atoms with E-state index in [4.69, 9.17) is 15.2 Å². The fourth-order valence-corrected chi connectivity index (χ4v) is 2.38. The van der Waals surface area contributed by atoms with Gasteiger partial charge in [0.05, 0.1) is 35.8 Å². The molecule has 0 amide bonds. The number of morpholine rings is 1. The van der Waals surface area contributed by atoms with Gasteiger partial charge in [0.1, 0.15) is 0 Å². The van der Waals surface area contributed by atoms with E-state index in [1.165, 1.54) is 0 Å². The summed E-state index contributed by atoms with van der Waals surface area (Å²) in [7, 11) is 0. The minimum Gasteiger partial charge on any atom is -0.462 e. The molecule has 0 aromatic heterocycles. The van der Waals surface area contributed by atoms with Crippen LogP contribution in [-0.2, 0) is 9.47 Å². The lowest BCUT2D eigenvalue weighted by atomic mass is 10.1. The molecule has 0 saturated carbocycles. The van der Waals surface area contributed by atoms with Gasteiger partial charge in [-0.15, -0.1) is 0 Å². The van der Waals surface area contributed by atoms with Gasteiger partial charge < -0.3 is 20.1 Å². The summed E-state index contributed by atoms with van der Waals surface area (Å²) in [6.45, 7) is 8.40. The Kier molecular flexibility index (Phi) is 4.18. The van der Waals surface area contributed by atoms with E-state index < -0.39 is 0 Å². The van der Waals surface area contributed by atoms with Gasteiger partial charge in [0, 0.05) is 13.1 Å². The Morgan fingerprint density at radius 3 is 2.90 bits per heavy atom. The fraction of sp³-hybridized carbons (Fsp3) is 0.533. The van der Waals surface area contributed by atoms with Crippen molar-refractivity contribution in [1.82, 2.24) is 0 Å². The van der Waals surface area contributed by atoms with E-state index in [1.54, 1.807) is 25.1 Å². The van der Waals surface area contributed by atoms with Crippen LogP contribution in [0.15, 0.2) is 18.2 Å². The van der Waals surface area contributed by atoms with Crippen molar-refractivity contribution in [2.75, 3.05) is 36.9 Å². The second-order valence-corrected chi connectivity index (χ2v) is 5.52. The smallest absolute Gasteiger partial charge is 0.338 e. The number of esters is 1. The van der Waals surface area contributed by atoms with Crippen LogP contribution in [0.2, 0.25) is 0 Å². The van der Waals surface area contributed by atoms with Crippen LogP contribution in [0, 0.1) is 0 Å². The van der Waals surface area contributed by atoms with Crippen molar-refractivity contribution in [3.8, 4) is 0 Å². The largest absolute Gasteiger partial charge is 0.462 e. The molecule has 1 heterocycles. The highest BCUT2D eigenvalue weighted by molar-refractivity contribution is 5.92. The van der Waals surface area contributed by atoms with E-state index in [2.05, 4.69) is 4.90 Å². The molecule has 20 heavy (non-hydrogen) atoms. The molecular formula is C15H22N2O3. The Labute approximate surface area is 119 Å². The van der Waals surface area contributed by atoms with Crippen LogP contribution in [0.25, 0.3) is 0 Å². The van der Waals surface area contributed by atoms with Gasteiger partial charge in [-0.05, 0) is 39.0 Å². The van der Waals surface area contributed by atoms with Gasteiger partial charge in [0.15, 0.2) is 0 Å². The Balaban J connectivity index is 2.26. The predicted octanol–water partition coefficient (Wildman–Crippen LogP) is 2.06. The molecule has 110 valence electrons. The molecule has 1 aliphatic heterocycles. The molecular weight excluding hydrogens is 256 g/mol. The van der Waals surface area contributed by atoms with Crippen LogP contribution in [0.4, 0.5) is 11.4 Å². The molecule has 0 unspecified atom stereocenters. The first kappa shape index (κ1) is 14.7. The Morgan fingerprint density at radius 1 is 1.50 bits per heavy atom. The monoisotopic (exact) mass is 278 g/mol. The van der Waals surface area contributed by atoms with Gasteiger partial charge in [-0.1, -0.05) is 0 Å². The first-order chi connectivity index (χ1) is 9.43. The summed E-state index contributed by atoms with van der Waals surface area (Å²) in [4.78, 5) is 14.0. The van der Waals surface area contributed by atoms with Crippen molar-refractivity contribution in [1.29, 1.82) is 0 Å². The summed E-state index contributed by atoms with van der Waals surface area (Å²) in [6, 6.07) is 5.25. The SMILES string of the molecule is CCOC(=O)c1ccc(N)c(N2CCOC(C)(C)C2)c1. The Bertz CT molecular complexity index is 500. The quantitative estimate of drug-likeness (QED) is 0.677. The number of carbonyl (C=O) groups excluding carboxylic acids is 1. The standard InChI is InChI=1S/C15H22N2O3/c1-4-19-14(18)11-5-6-12(16)13(9-11)17-7-8-20-15(2,3)10-17/h5-6,9H,4,7-8,10,16H2,1-3H3. The lowest BCUT2D eigenvalue weighted by Gasteiger charge is -2.40. The molecule has 0 bridgehead atoms. The number of ether oxygens (including phenoxy) is 2. The molecule has 5 nitrogen and oxygen atoms in total. The summed E-state index contributed by atoms with van der Waals surface area (Å²) < 4.78 is 10.7. The summed E-state index contributed by atoms with van der Waals surface area (Å²) >= 11 is 0. The molecule has 0 radical (unpaired) electrons. The number of nitrogen functional groups attached to an aromatic ring is 1. The van der Waals surface area contributed by atoms with Gasteiger partial charge in [-0.2, -0.15) is 0 Å². The predicted molar refractivity (Wildman–Crippen MR) is 79.1 cm³/mol. The molecule has 0 atom stereocenters. The second kappa shape index (κ2) is 5.71. The third-order valence-electron chi connectivity index (χ3n) is 3.31. The number of nitrogens with two attached hydrogens (primary N) is 1. The van der Waals surface area contributed by atoms with Crippen molar-refractivity contribution in [3.63, 3.8) is 0 Å². The molecule has 1 saturated heterocycles. The number of nitrogens with zero attached hydrogens (tertiary/aromatic N) is 1. The summed E-state index contributed by atoms with van der Waals surface area (Å²) in [5.41, 5.74) is 7.89. The van der Waals surface area contributed by atoms with E-state index in [0.29, 0.717) is 24.5 Å². The number of hydrogen-bond donors (Lipinski definition) is 1. The highest BCUT2D eigenvalue weighted by atomic mass is 16.5. The Morgan fingerprint density at radius 2 is 2.25 bits per heavy atom. The van der Waals surface area contributed by atoms with Crippen molar-refractivity contribution in [2.45, 2.75) is 26.4 Å². The third-order valence-corrected chi connectivity index (χ3v) is 3.31. The van der Waals surface area contributed by atoms with Crippen molar-refractivity contribution < 1.29 is 14.3 Å². The second-order valence-electron chi connectivity index (χ2n) is 5.52.